The summed E-state index contributed by atoms with van der Waals surface area (Å²) < 4.78 is 11.1. The second-order valence-corrected chi connectivity index (χ2v) is 4.86. The Morgan fingerprint density at radius 2 is 2.47 bits per heavy atom. The van der Waals surface area contributed by atoms with Crippen molar-refractivity contribution >= 4 is 0 Å². The Bertz CT molecular complexity index is 355. The summed E-state index contributed by atoms with van der Waals surface area (Å²) in [5.74, 6) is 5.64. The Morgan fingerprint density at radius 1 is 1.53 bits per heavy atom. The average molecular weight is 237 g/mol. The van der Waals surface area contributed by atoms with Gasteiger partial charge in [0.15, 0.2) is 0 Å². The van der Waals surface area contributed by atoms with Crippen LogP contribution in [0, 0.1) is 0 Å². The second-order valence-electron chi connectivity index (χ2n) is 4.86. The van der Waals surface area contributed by atoms with Crippen LogP contribution in [0.5, 0.6) is 0 Å². The fourth-order valence-corrected chi connectivity index (χ4v) is 2.91. The first-order valence-corrected chi connectivity index (χ1v) is 6.22. The van der Waals surface area contributed by atoms with Crippen LogP contribution >= 0.6 is 0 Å². The average Bonchev–Trinajstić information content (AvgIpc) is 2.99. The molecule has 2 aliphatic heterocycles. The first kappa shape index (κ1) is 11.2. The lowest BCUT2D eigenvalue weighted by atomic mass is 10.0. The zero-order valence-corrected chi connectivity index (χ0v) is 9.84. The van der Waals surface area contributed by atoms with Crippen molar-refractivity contribution in [2.75, 3.05) is 19.7 Å². The third-order valence-corrected chi connectivity index (χ3v) is 3.87. The number of furan rings is 1. The molecule has 0 bridgehead atoms. The largest absolute Gasteiger partial charge is 0.472 e. The Kier molecular flexibility index (Phi) is 3.15. The number of morpholine rings is 1. The lowest BCUT2D eigenvalue weighted by Crippen LogP contribution is -2.51. The van der Waals surface area contributed by atoms with Gasteiger partial charge in [-0.1, -0.05) is 0 Å². The van der Waals surface area contributed by atoms with Crippen molar-refractivity contribution in [1.82, 2.24) is 10.3 Å². The standard InChI is InChI=1S/C12H19N3O2/c13-14-12(9-3-5-16-7-9)11-6-15-4-1-2-10(15)8-17-11/h3,5,7,10-12,14H,1-2,4,6,8,13H2. The van der Waals surface area contributed by atoms with E-state index < -0.39 is 0 Å². The maximum Gasteiger partial charge on any atom is 0.0951 e. The molecule has 94 valence electrons. The quantitative estimate of drug-likeness (QED) is 0.597. The predicted molar refractivity (Wildman–Crippen MR) is 63.1 cm³/mol. The minimum atomic E-state index is 0.00954. The van der Waals surface area contributed by atoms with Crippen molar-refractivity contribution in [1.29, 1.82) is 0 Å². The SMILES string of the molecule is NNC(c1ccoc1)C1CN2CCCC2CO1. The van der Waals surface area contributed by atoms with Crippen molar-refractivity contribution in [3.05, 3.63) is 24.2 Å². The topological polar surface area (TPSA) is 63.7 Å². The van der Waals surface area contributed by atoms with Gasteiger partial charge in [0.05, 0.1) is 31.3 Å². The number of ether oxygens (including phenoxy) is 1. The number of rotatable bonds is 3. The van der Waals surface area contributed by atoms with Gasteiger partial charge in [-0.2, -0.15) is 0 Å². The lowest BCUT2D eigenvalue weighted by molar-refractivity contribution is -0.0653. The van der Waals surface area contributed by atoms with E-state index in [0.29, 0.717) is 6.04 Å². The van der Waals surface area contributed by atoms with Crippen LogP contribution in [0.25, 0.3) is 0 Å². The summed E-state index contributed by atoms with van der Waals surface area (Å²) >= 11 is 0. The van der Waals surface area contributed by atoms with E-state index in [9.17, 15) is 0 Å². The van der Waals surface area contributed by atoms with E-state index in [0.717, 1.165) is 18.7 Å². The minimum absolute atomic E-state index is 0.00954. The molecule has 5 nitrogen and oxygen atoms in total. The van der Waals surface area contributed by atoms with Gasteiger partial charge in [-0.25, -0.2) is 0 Å². The molecule has 0 amide bonds. The Balaban J connectivity index is 1.71. The first-order chi connectivity index (χ1) is 8.38. The highest BCUT2D eigenvalue weighted by Crippen LogP contribution is 2.28. The van der Waals surface area contributed by atoms with Gasteiger partial charge in [0.2, 0.25) is 0 Å². The summed E-state index contributed by atoms with van der Waals surface area (Å²) in [4.78, 5) is 2.51. The van der Waals surface area contributed by atoms with Gasteiger partial charge in [0.1, 0.15) is 0 Å². The number of nitrogens with one attached hydrogen (secondary N) is 1. The zero-order valence-electron chi connectivity index (χ0n) is 9.84. The van der Waals surface area contributed by atoms with Gasteiger partial charge in [-0.15, -0.1) is 0 Å². The molecule has 0 radical (unpaired) electrons. The molecular formula is C12H19N3O2. The van der Waals surface area contributed by atoms with Gasteiger partial charge in [0.25, 0.3) is 0 Å². The Hall–Kier alpha value is -0.880. The van der Waals surface area contributed by atoms with Gasteiger partial charge < -0.3 is 9.15 Å². The third-order valence-electron chi connectivity index (χ3n) is 3.87. The summed E-state index contributed by atoms with van der Waals surface area (Å²) in [6.45, 7) is 2.96. The van der Waals surface area contributed by atoms with Gasteiger partial charge in [-0.3, -0.25) is 16.2 Å². The number of hydrogen-bond donors (Lipinski definition) is 2. The number of nitrogens with zero attached hydrogens (tertiary/aromatic N) is 1. The van der Waals surface area contributed by atoms with Crippen LogP contribution in [-0.2, 0) is 4.74 Å². The predicted octanol–water partition coefficient (Wildman–Crippen LogP) is 0.647. The van der Waals surface area contributed by atoms with Crippen molar-refractivity contribution in [2.45, 2.75) is 31.0 Å². The fourth-order valence-electron chi connectivity index (χ4n) is 2.91. The second kappa shape index (κ2) is 4.78. The monoisotopic (exact) mass is 237 g/mol. The van der Waals surface area contributed by atoms with Gasteiger partial charge >= 0.3 is 0 Å². The number of fused-ring (bicyclic) bond motifs is 1. The van der Waals surface area contributed by atoms with E-state index >= 15 is 0 Å². The molecule has 0 aliphatic carbocycles. The van der Waals surface area contributed by atoms with Crippen LogP contribution in [0.15, 0.2) is 23.0 Å². The van der Waals surface area contributed by atoms with Crippen molar-refractivity contribution in [2.24, 2.45) is 5.84 Å². The Labute approximate surface area is 101 Å². The molecule has 3 N–H and O–H groups in total. The fraction of sp³-hybridized carbons (Fsp3) is 0.667. The van der Waals surface area contributed by atoms with E-state index in [1.807, 2.05) is 6.07 Å². The summed E-state index contributed by atoms with van der Waals surface area (Å²) in [5, 5.41) is 0. The molecule has 17 heavy (non-hydrogen) atoms. The molecule has 2 saturated heterocycles. The lowest BCUT2D eigenvalue weighted by Gasteiger charge is -2.38. The molecule has 3 rings (SSSR count). The molecule has 0 aromatic carbocycles. The number of hydrogen-bond acceptors (Lipinski definition) is 5. The number of hydrazine groups is 1. The number of nitrogens with two attached hydrogens (primary N) is 1. The maximum absolute atomic E-state index is 5.94. The molecule has 5 heteroatoms. The molecule has 2 aliphatic rings. The van der Waals surface area contributed by atoms with Crippen LogP contribution in [0.2, 0.25) is 0 Å². The molecule has 1 aromatic rings. The van der Waals surface area contributed by atoms with E-state index in [-0.39, 0.29) is 12.1 Å². The minimum Gasteiger partial charge on any atom is -0.472 e. The Morgan fingerprint density at radius 3 is 3.24 bits per heavy atom. The van der Waals surface area contributed by atoms with E-state index in [1.165, 1.54) is 19.4 Å². The molecule has 2 fully saturated rings. The first-order valence-electron chi connectivity index (χ1n) is 6.22. The highest BCUT2D eigenvalue weighted by Gasteiger charge is 2.36. The zero-order chi connectivity index (χ0) is 11.7. The summed E-state index contributed by atoms with van der Waals surface area (Å²) in [7, 11) is 0. The molecule has 3 unspecified atom stereocenters. The van der Waals surface area contributed by atoms with Crippen LogP contribution in [-0.4, -0.2) is 36.7 Å². The normalized spacial score (nSPS) is 31.4. The van der Waals surface area contributed by atoms with Gasteiger partial charge in [-0.05, 0) is 25.5 Å². The molecule has 0 spiro atoms. The van der Waals surface area contributed by atoms with E-state index in [2.05, 4.69) is 10.3 Å². The smallest absolute Gasteiger partial charge is 0.0951 e. The molecular weight excluding hydrogens is 218 g/mol. The van der Waals surface area contributed by atoms with Crippen LogP contribution in [0.4, 0.5) is 0 Å². The summed E-state index contributed by atoms with van der Waals surface area (Å²) in [6, 6.07) is 2.56. The van der Waals surface area contributed by atoms with E-state index in [1.54, 1.807) is 12.5 Å². The molecule has 1 aromatic heterocycles. The summed E-state index contributed by atoms with van der Waals surface area (Å²) in [5.41, 5.74) is 3.89. The van der Waals surface area contributed by atoms with Crippen LogP contribution in [0.1, 0.15) is 24.4 Å². The highest BCUT2D eigenvalue weighted by atomic mass is 16.5. The van der Waals surface area contributed by atoms with Crippen LogP contribution < -0.4 is 11.3 Å². The molecule has 0 saturated carbocycles. The maximum atomic E-state index is 5.94. The highest BCUT2D eigenvalue weighted by molar-refractivity contribution is 5.14. The van der Waals surface area contributed by atoms with E-state index in [4.69, 9.17) is 15.0 Å². The van der Waals surface area contributed by atoms with Crippen molar-refractivity contribution < 1.29 is 9.15 Å². The van der Waals surface area contributed by atoms with Crippen molar-refractivity contribution in [3.8, 4) is 0 Å². The molecule has 3 heterocycles. The van der Waals surface area contributed by atoms with Gasteiger partial charge in [0, 0.05) is 18.2 Å². The molecule has 3 atom stereocenters. The summed E-state index contributed by atoms with van der Waals surface area (Å²) in [6.07, 6.45) is 6.05. The third kappa shape index (κ3) is 2.11. The van der Waals surface area contributed by atoms with Crippen LogP contribution in [0.3, 0.4) is 0 Å². The van der Waals surface area contributed by atoms with Crippen molar-refractivity contribution in [3.63, 3.8) is 0 Å².